The van der Waals surface area contributed by atoms with Gasteiger partial charge in [-0.05, 0) is 23.7 Å². The van der Waals surface area contributed by atoms with Crippen molar-refractivity contribution in [3.63, 3.8) is 0 Å². The summed E-state index contributed by atoms with van der Waals surface area (Å²) in [7, 11) is 0. The molecule has 0 atom stereocenters. The molecular formula is C8H5ClN2O3. The fourth-order valence-electron chi connectivity index (χ4n) is 0.891. The summed E-state index contributed by atoms with van der Waals surface area (Å²) in [6, 6.07) is 4.47. The van der Waals surface area contributed by atoms with E-state index in [0.717, 1.165) is 0 Å². The van der Waals surface area contributed by atoms with Crippen LogP contribution in [-0.2, 0) is 0 Å². The Kier molecular flexibility index (Phi) is 2.24. The number of rotatable bonds is 2. The third kappa shape index (κ3) is 1.77. The zero-order valence-corrected chi connectivity index (χ0v) is 7.62. The standard InChI is InChI=1S/C8H5ClN2O3/c9-6-2-1-5(14-6)8(12)10-7-3-4-13-11-7/h1-4H,(H,10,11,12). The first-order chi connectivity index (χ1) is 6.75. The lowest BCUT2D eigenvalue weighted by atomic mass is 10.4. The average molecular weight is 213 g/mol. The summed E-state index contributed by atoms with van der Waals surface area (Å²) in [4.78, 5) is 11.4. The maximum absolute atomic E-state index is 11.4. The number of hydrogen-bond donors (Lipinski definition) is 1. The van der Waals surface area contributed by atoms with Gasteiger partial charge in [0, 0.05) is 6.07 Å². The number of anilines is 1. The lowest BCUT2D eigenvalue weighted by Gasteiger charge is -1.95. The van der Waals surface area contributed by atoms with E-state index in [9.17, 15) is 4.79 Å². The van der Waals surface area contributed by atoms with Crippen LogP contribution in [0.4, 0.5) is 5.82 Å². The zero-order valence-electron chi connectivity index (χ0n) is 6.86. The molecule has 6 heteroatoms. The average Bonchev–Trinajstić information content (AvgIpc) is 2.75. The Balaban J connectivity index is 2.10. The fraction of sp³-hybridized carbons (Fsp3) is 0. The first-order valence-corrected chi connectivity index (χ1v) is 4.10. The van der Waals surface area contributed by atoms with Crippen LogP contribution in [0.5, 0.6) is 0 Å². The van der Waals surface area contributed by atoms with Gasteiger partial charge in [-0.15, -0.1) is 0 Å². The number of aromatic nitrogens is 1. The Morgan fingerprint density at radius 3 is 2.86 bits per heavy atom. The van der Waals surface area contributed by atoms with Crippen LogP contribution in [-0.4, -0.2) is 11.1 Å². The van der Waals surface area contributed by atoms with Crippen molar-refractivity contribution in [3.05, 3.63) is 35.4 Å². The largest absolute Gasteiger partial charge is 0.440 e. The molecule has 0 aliphatic carbocycles. The van der Waals surface area contributed by atoms with Gasteiger partial charge in [0.1, 0.15) is 6.26 Å². The molecule has 2 rings (SSSR count). The summed E-state index contributed by atoms with van der Waals surface area (Å²) in [5.41, 5.74) is 0. The Hall–Kier alpha value is -1.75. The van der Waals surface area contributed by atoms with Crippen molar-refractivity contribution in [2.45, 2.75) is 0 Å². The van der Waals surface area contributed by atoms with Crippen molar-refractivity contribution in [3.8, 4) is 0 Å². The van der Waals surface area contributed by atoms with Crippen LogP contribution < -0.4 is 5.32 Å². The molecule has 14 heavy (non-hydrogen) atoms. The van der Waals surface area contributed by atoms with E-state index in [1.165, 1.54) is 24.5 Å². The van der Waals surface area contributed by atoms with Gasteiger partial charge < -0.3 is 14.3 Å². The molecule has 5 nitrogen and oxygen atoms in total. The Morgan fingerprint density at radius 2 is 2.29 bits per heavy atom. The monoisotopic (exact) mass is 212 g/mol. The van der Waals surface area contributed by atoms with Crippen molar-refractivity contribution in [2.24, 2.45) is 0 Å². The van der Waals surface area contributed by atoms with Gasteiger partial charge in [-0.3, -0.25) is 4.79 Å². The van der Waals surface area contributed by atoms with Crippen molar-refractivity contribution in [2.75, 3.05) is 5.32 Å². The van der Waals surface area contributed by atoms with Crippen molar-refractivity contribution < 1.29 is 13.7 Å². The molecule has 0 bridgehead atoms. The molecule has 0 saturated carbocycles. The van der Waals surface area contributed by atoms with Crippen LogP contribution >= 0.6 is 11.6 Å². The van der Waals surface area contributed by atoms with Gasteiger partial charge in [0.15, 0.2) is 16.8 Å². The molecule has 1 amide bonds. The summed E-state index contributed by atoms with van der Waals surface area (Å²) in [6.45, 7) is 0. The van der Waals surface area contributed by atoms with Gasteiger partial charge >= 0.3 is 0 Å². The van der Waals surface area contributed by atoms with Gasteiger partial charge in [0.25, 0.3) is 5.91 Å². The van der Waals surface area contributed by atoms with Crippen LogP contribution in [0.1, 0.15) is 10.6 Å². The molecule has 0 aliphatic rings. The number of hydrogen-bond acceptors (Lipinski definition) is 4. The molecule has 72 valence electrons. The highest BCUT2D eigenvalue weighted by Crippen LogP contribution is 2.14. The summed E-state index contributed by atoms with van der Waals surface area (Å²) < 4.78 is 9.42. The summed E-state index contributed by atoms with van der Waals surface area (Å²) in [5.74, 6) is 0.0197. The van der Waals surface area contributed by atoms with E-state index in [0.29, 0.717) is 5.82 Å². The van der Waals surface area contributed by atoms with Crippen molar-refractivity contribution in [1.82, 2.24) is 5.16 Å². The van der Waals surface area contributed by atoms with Crippen LogP contribution in [0.3, 0.4) is 0 Å². The molecule has 0 fully saturated rings. The first-order valence-electron chi connectivity index (χ1n) is 3.73. The minimum atomic E-state index is -0.425. The Labute approximate surface area is 83.6 Å². The summed E-state index contributed by atoms with van der Waals surface area (Å²) in [5, 5.41) is 6.12. The lowest BCUT2D eigenvalue weighted by molar-refractivity contribution is 0.0996. The predicted octanol–water partition coefficient (Wildman–Crippen LogP) is 2.17. The summed E-state index contributed by atoms with van der Waals surface area (Å²) in [6.07, 6.45) is 1.35. The summed E-state index contributed by atoms with van der Waals surface area (Å²) >= 11 is 5.51. The van der Waals surface area contributed by atoms with E-state index in [1.54, 1.807) is 0 Å². The SMILES string of the molecule is O=C(Nc1ccon1)c1ccc(Cl)o1. The zero-order chi connectivity index (χ0) is 9.97. The quantitative estimate of drug-likeness (QED) is 0.828. The second kappa shape index (κ2) is 3.55. The first kappa shape index (κ1) is 8.83. The number of halogens is 1. The van der Waals surface area contributed by atoms with E-state index >= 15 is 0 Å². The van der Waals surface area contributed by atoms with Crippen molar-refractivity contribution in [1.29, 1.82) is 0 Å². The van der Waals surface area contributed by atoms with Gasteiger partial charge in [-0.2, -0.15) is 0 Å². The topological polar surface area (TPSA) is 68.3 Å². The second-order valence-electron chi connectivity index (χ2n) is 2.44. The molecule has 0 aromatic carbocycles. The van der Waals surface area contributed by atoms with E-state index in [4.69, 9.17) is 16.0 Å². The molecule has 2 aromatic rings. The molecule has 1 N–H and O–H groups in total. The normalized spacial score (nSPS) is 10.1. The van der Waals surface area contributed by atoms with E-state index in [1.807, 2.05) is 0 Å². The minimum Gasteiger partial charge on any atom is -0.440 e. The Bertz CT molecular complexity index is 435. The molecule has 0 saturated heterocycles. The second-order valence-corrected chi connectivity index (χ2v) is 2.82. The highest BCUT2D eigenvalue weighted by atomic mass is 35.5. The van der Waals surface area contributed by atoms with Crippen LogP contribution in [0.2, 0.25) is 5.22 Å². The maximum Gasteiger partial charge on any atom is 0.292 e. The third-order valence-electron chi connectivity index (χ3n) is 1.48. The van der Waals surface area contributed by atoms with Gasteiger partial charge in [0.05, 0.1) is 0 Å². The van der Waals surface area contributed by atoms with Crippen LogP contribution in [0, 0.1) is 0 Å². The molecule has 0 aliphatic heterocycles. The van der Waals surface area contributed by atoms with Crippen LogP contribution in [0.15, 0.2) is 33.4 Å². The van der Waals surface area contributed by atoms with Crippen molar-refractivity contribution >= 4 is 23.3 Å². The highest BCUT2D eigenvalue weighted by Gasteiger charge is 2.11. The van der Waals surface area contributed by atoms with Gasteiger partial charge in [-0.25, -0.2) is 0 Å². The number of amides is 1. The molecule has 0 unspecified atom stereocenters. The van der Waals surface area contributed by atoms with Crippen LogP contribution in [0.25, 0.3) is 0 Å². The number of furan rings is 1. The third-order valence-corrected chi connectivity index (χ3v) is 1.68. The number of nitrogens with zero attached hydrogens (tertiary/aromatic N) is 1. The maximum atomic E-state index is 11.4. The number of nitrogens with one attached hydrogen (secondary N) is 1. The van der Waals surface area contributed by atoms with E-state index in [2.05, 4.69) is 15.0 Å². The highest BCUT2D eigenvalue weighted by molar-refractivity contribution is 6.29. The smallest absolute Gasteiger partial charge is 0.292 e. The molecule has 0 radical (unpaired) electrons. The lowest BCUT2D eigenvalue weighted by Crippen LogP contribution is -2.10. The predicted molar refractivity (Wildman–Crippen MR) is 48.2 cm³/mol. The molecule has 2 heterocycles. The van der Waals surface area contributed by atoms with Gasteiger partial charge in [0.2, 0.25) is 0 Å². The molecular weight excluding hydrogens is 208 g/mol. The number of carbonyl (C=O) groups excluding carboxylic acids is 1. The molecule has 0 spiro atoms. The van der Waals surface area contributed by atoms with E-state index < -0.39 is 5.91 Å². The van der Waals surface area contributed by atoms with E-state index in [-0.39, 0.29) is 11.0 Å². The molecule has 2 aromatic heterocycles. The number of carbonyl (C=O) groups is 1. The van der Waals surface area contributed by atoms with Gasteiger partial charge in [-0.1, -0.05) is 5.16 Å². The minimum absolute atomic E-state index is 0.123. The fourth-order valence-corrected chi connectivity index (χ4v) is 1.04. The Morgan fingerprint density at radius 1 is 1.43 bits per heavy atom.